The third-order valence-corrected chi connectivity index (χ3v) is 2.39. The summed E-state index contributed by atoms with van der Waals surface area (Å²) in [5, 5.41) is 7.30. The number of anilines is 2. The highest BCUT2D eigenvalue weighted by Crippen LogP contribution is 2.22. The fourth-order valence-corrected chi connectivity index (χ4v) is 1.59. The van der Waals surface area contributed by atoms with Crippen LogP contribution < -0.4 is 28.4 Å². The Morgan fingerprint density at radius 2 is 2.32 bits per heavy atom. The van der Waals surface area contributed by atoms with Crippen LogP contribution in [0.3, 0.4) is 0 Å². The summed E-state index contributed by atoms with van der Waals surface area (Å²) >= 11 is 0. The Bertz CT molecular complexity index is 481. The van der Waals surface area contributed by atoms with Crippen molar-refractivity contribution < 1.29 is 32.0 Å². The SMILES string of the molecule is CCOC(=O)C[NH2+]c1ccc2c(n1)NCC(=O)N2.[Cl-]. The summed E-state index contributed by atoms with van der Waals surface area (Å²) in [6.07, 6.45) is 0. The predicted molar refractivity (Wildman–Crippen MR) is 64.4 cm³/mol. The number of rotatable bonds is 4. The average Bonchev–Trinajstić information content (AvgIpc) is 2.36. The molecule has 0 radical (unpaired) electrons. The minimum absolute atomic E-state index is 0. The van der Waals surface area contributed by atoms with Gasteiger partial charge >= 0.3 is 5.97 Å². The molecule has 4 N–H and O–H groups in total. The van der Waals surface area contributed by atoms with Crippen LogP contribution in [0.2, 0.25) is 0 Å². The molecule has 0 saturated carbocycles. The third-order valence-electron chi connectivity index (χ3n) is 2.39. The van der Waals surface area contributed by atoms with E-state index in [4.69, 9.17) is 4.74 Å². The van der Waals surface area contributed by atoms with Crippen molar-refractivity contribution in [3.05, 3.63) is 12.1 Å². The van der Waals surface area contributed by atoms with Gasteiger partial charge in [0.15, 0.2) is 12.4 Å². The van der Waals surface area contributed by atoms with E-state index in [2.05, 4.69) is 15.6 Å². The molecule has 1 aromatic rings. The van der Waals surface area contributed by atoms with Crippen LogP contribution in [0, 0.1) is 0 Å². The first-order valence-electron chi connectivity index (χ1n) is 5.72. The van der Waals surface area contributed by atoms with Crippen molar-refractivity contribution in [1.29, 1.82) is 0 Å². The van der Waals surface area contributed by atoms with E-state index >= 15 is 0 Å². The zero-order chi connectivity index (χ0) is 13.0. The lowest BCUT2D eigenvalue weighted by molar-refractivity contribution is -0.564. The summed E-state index contributed by atoms with van der Waals surface area (Å²) in [6.45, 7) is 2.53. The maximum absolute atomic E-state index is 11.2. The molecule has 7 nitrogen and oxygen atoms in total. The van der Waals surface area contributed by atoms with E-state index in [1.54, 1.807) is 24.4 Å². The molecule has 0 bridgehead atoms. The monoisotopic (exact) mass is 286 g/mol. The van der Waals surface area contributed by atoms with Crippen LogP contribution in [0.1, 0.15) is 6.92 Å². The molecule has 0 atom stereocenters. The Balaban J connectivity index is 0.00000180. The van der Waals surface area contributed by atoms with E-state index in [0.717, 1.165) is 0 Å². The lowest BCUT2D eigenvalue weighted by Gasteiger charge is -2.17. The summed E-state index contributed by atoms with van der Waals surface area (Å²) in [4.78, 5) is 26.6. The minimum atomic E-state index is -0.279. The number of ether oxygens (including phenoxy) is 1. The smallest absolute Gasteiger partial charge is 0.362 e. The second kappa shape index (κ2) is 6.91. The second-order valence-corrected chi connectivity index (χ2v) is 3.75. The number of hydrogen-bond donors (Lipinski definition) is 3. The van der Waals surface area contributed by atoms with Gasteiger partial charge in [-0.3, -0.25) is 10.1 Å². The minimum Gasteiger partial charge on any atom is -1.00 e. The largest absolute Gasteiger partial charge is 1.00 e. The van der Waals surface area contributed by atoms with Gasteiger partial charge in [-0.25, -0.2) is 4.79 Å². The van der Waals surface area contributed by atoms with Crippen molar-refractivity contribution in [3.8, 4) is 0 Å². The molecule has 0 unspecified atom stereocenters. The number of pyridine rings is 1. The number of carbonyl (C=O) groups excluding carboxylic acids is 2. The van der Waals surface area contributed by atoms with E-state index in [-0.39, 0.29) is 37.4 Å². The number of halogens is 1. The van der Waals surface area contributed by atoms with E-state index in [1.165, 1.54) is 0 Å². The van der Waals surface area contributed by atoms with Gasteiger partial charge in [0.25, 0.3) is 0 Å². The molecule has 1 aliphatic heterocycles. The molecular formula is C11H15ClN4O3. The molecule has 0 fully saturated rings. The molecule has 1 aliphatic rings. The fourth-order valence-electron chi connectivity index (χ4n) is 1.59. The van der Waals surface area contributed by atoms with E-state index < -0.39 is 0 Å². The van der Waals surface area contributed by atoms with Crippen molar-refractivity contribution in [3.63, 3.8) is 0 Å². The number of aromatic nitrogens is 1. The molecule has 1 aromatic heterocycles. The van der Waals surface area contributed by atoms with Gasteiger partial charge in [0.2, 0.25) is 11.7 Å². The summed E-state index contributed by atoms with van der Waals surface area (Å²) in [5.41, 5.74) is 0.652. The van der Waals surface area contributed by atoms with Gasteiger partial charge in [0.1, 0.15) is 0 Å². The summed E-state index contributed by atoms with van der Waals surface area (Å²) < 4.78 is 4.82. The van der Waals surface area contributed by atoms with Crippen LogP contribution in [0.15, 0.2) is 12.1 Å². The second-order valence-electron chi connectivity index (χ2n) is 3.75. The molecule has 104 valence electrons. The Hall–Kier alpha value is -1.86. The molecule has 1 amide bonds. The van der Waals surface area contributed by atoms with Crippen LogP contribution in [0.4, 0.5) is 17.3 Å². The summed E-state index contributed by atoms with van der Waals surface area (Å²) in [5.74, 6) is 0.920. The van der Waals surface area contributed by atoms with Crippen molar-refractivity contribution >= 4 is 29.2 Å². The van der Waals surface area contributed by atoms with Gasteiger partial charge in [-0.05, 0) is 13.0 Å². The van der Waals surface area contributed by atoms with Gasteiger partial charge in [0.05, 0.1) is 18.8 Å². The van der Waals surface area contributed by atoms with Crippen molar-refractivity contribution in [1.82, 2.24) is 4.98 Å². The number of nitrogens with zero attached hydrogens (tertiary/aromatic N) is 1. The molecular weight excluding hydrogens is 272 g/mol. The van der Waals surface area contributed by atoms with Crippen molar-refractivity contribution in [2.45, 2.75) is 6.92 Å². The molecule has 0 saturated heterocycles. The Kier molecular flexibility index (Phi) is 5.53. The average molecular weight is 287 g/mol. The topological polar surface area (TPSA) is 96.9 Å². The molecule has 0 spiro atoms. The number of hydrogen-bond acceptors (Lipinski definition) is 5. The lowest BCUT2D eigenvalue weighted by Crippen LogP contribution is -3.00. The van der Waals surface area contributed by atoms with Gasteiger partial charge in [-0.2, -0.15) is 4.98 Å². The Labute approximate surface area is 116 Å². The number of fused-ring (bicyclic) bond motifs is 1. The van der Waals surface area contributed by atoms with Crippen LogP contribution in [-0.2, 0) is 14.3 Å². The number of quaternary nitrogens is 1. The highest BCUT2D eigenvalue weighted by molar-refractivity contribution is 5.99. The molecule has 2 rings (SSSR count). The van der Waals surface area contributed by atoms with Crippen LogP contribution in [-0.4, -0.2) is 36.6 Å². The highest BCUT2D eigenvalue weighted by atomic mass is 35.5. The number of nitrogens with two attached hydrogens (primary N) is 1. The molecule has 2 heterocycles. The molecule has 19 heavy (non-hydrogen) atoms. The first kappa shape index (κ1) is 15.2. The molecule has 0 aliphatic carbocycles. The highest BCUT2D eigenvalue weighted by Gasteiger charge is 2.16. The van der Waals surface area contributed by atoms with Crippen LogP contribution >= 0.6 is 0 Å². The first-order valence-corrected chi connectivity index (χ1v) is 5.72. The zero-order valence-electron chi connectivity index (χ0n) is 10.4. The summed E-state index contributed by atoms with van der Waals surface area (Å²) in [7, 11) is 0. The number of amides is 1. The normalized spacial score (nSPS) is 12.6. The van der Waals surface area contributed by atoms with E-state index in [1.807, 2.05) is 0 Å². The first-order chi connectivity index (χ1) is 8.69. The summed E-state index contributed by atoms with van der Waals surface area (Å²) in [6, 6.07) is 3.49. The lowest BCUT2D eigenvalue weighted by atomic mass is 10.3. The number of nitrogens with one attached hydrogen (secondary N) is 2. The van der Waals surface area contributed by atoms with E-state index in [0.29, 0.717) is 23.9 Å². The van der Waals surface area contributed by atoms with E-state index in [9.17, 15) is 9.59 Å². The van der Waals surface area contributed by atoms with Crippen molar-refractivity contribution in [2.24, 2.45) is 0 Å². The van der Waals surface area contributed by atoms with Gasteiger partial charge in [0, 0.05) is 6.07 Å². The maximum Gasteiger partial charge on any atom is 0.362 e. The quantitative estimate of drug-likeness (QED) is 0.494. The zero-order valence-corrected chi connectivity index (χ0v) is 11.2. The number of carbonyl (C=O) groups is 2. The van der Waals surface area contributed by atoms with Gasteiger partial charge < -0.3 is 27.8 Å². The third kappa shape index (κ3) is 4.08. The maximum atomic E-state index is 11.2. The Morgan fingerprint density at radius 3 is 3.05 bits per heavy atom. The van der Waals surface area contributed by atoms with Gasteiger partial charge in [-0.15, -0.1) is 0 Å². The molecule has 0 aromatic carbocycles. The fraction of sp³-hybridized carbons (Fsp3) is 0.364. The number of esters is 1. The standard InChI is InChI=1S/C11H14N4O3.ClH/c1-2-18-10(17)6-12-8-4-3-7-11(15-8)13-5-9(16)14-7;/h3-4H,2,5-6H2,1H3,(H,14,16)(H2,12,13,15);1H. The predicted octanol–water partition coefficient (Wildman–Crippen LogP) is -3.79. The van der Waals surface area contributed by atoms with Gasteiger partial charge in [-0.1, -0.05) is 0 Å². The Morgan fingerprint density at radius 1 is 1.53 bits per heavy atom. The van der Waals surface area contributed by atoms with Crippen LogP contribution in [0.5, 0.6) is 0 Å². The van der Waals surface area contributed by atoms with Crippen molar-refractivity contribution in [2.75, 3.05) is 30.3 Å². The van der Waals surface area contributed by atoms with Crippen LogP contribution in [0.25, 0.3) is 0 Å². The molecule has 8 heteroatoms.